The van der Waals surface area contributed by atoms with E-state index < -0.39 is 0 Å². The predicted octanol–water partition coefficient (Wildman–Crippen LogP) is 6.73. The zero-order valence-corrected chi connectivity index (χ0v) is 22.9. The number of benzene rings is 1. The van der Waals surface area contributed by atoms with Gasteiger partial charge in [0.1, 0.15) is 6.10 Å². The van der Waals surface area contributed by atoms with Crippen LogP contribution in [0.25, 0.3) is 0 Å². The maximum atomic E-state index is 13.4. The van der Waals surface area contributed by atoms with E-state index in [0.29, 0.717) is 23.4 Å². The van der Waals surface area contributed by atoms with Gasteiger partial charge in [0.25, 0.3) is 5.91 Å². The van der Waals surface area contributed by atoms with E-state index in [-0.39, 0.29) is 24.6 Å². The normalized spacial score (nSPS) is 21.9. The Balaban J connectivity index is 1.86. The van der Waals surface area contributed by atoms with E-state index >= 15 is 0 Å². The lowest BCUT2D eigenvalue weighted by molar-refractivity contribution is -0.137. The van der Waals surface area contributed by atoms with Crippen LogP contribution in [0.4, 0.5) is 0 Å². The van der Waals surface area contributed by atoms with Crippen molar-refractivity contribution in [3.63, 3.8) is 0 Å². The molecular formula is C29H41ClN2O4. The molecule has 0 aromatic heterocycles. The first-order chi connectivity index (χ1) is 17.4. The van der Waals surface area contributed by atoms with Crippen LogP contribution in [0.5, 0.6) is 0 Å². The molecule has 2 aliphatic heterocycles. The summed E-state index contributed by atoms with van der Waals surface area (Å²) in [6.07, 6.45) is 13.9. The van der Waals surface area contributed by atoms with Gasteiger partial charge in [-0.05, 0) is 81.9 Å². The van der Waals surface area contributed by atoms with Gasteiger partial charge in [0.15, 0.2) is 6.61 Å². The lowest BCUT2D eigenvalue weighted by Crippen LogP contribution is -2.37. The maximum absolute atomic E-state index is 13.4. The van der Waals surface area contributed by atoms with E-state index in [1.165, 1.54) is 6.42 Å². The number of hydrogen-bond donors (Lipinski definition) is 0. The van der Waals surface area contributed by atoms with E-state index in [1.807, 2.05) is 24.8 Å². The molecule has 2 heterocycles. The number of rotatable bonds is 5. The Morgan fingerprint density at radius 1 is 1.14 bits per heavy atom. The number of carbonyl (C=O) groups excluding carboxylic acids is 2. The molecule has 3 rings (SSSR count). The number of oxime groups is 1. The van der Waals surface area contributed by atoms with Gasteiger partial charge in [-0.3, -0.25) is 4.79 Å². The second-order valence-electron chi connectivity index (χ2n) is 10.00. The van der Waals surface area contributed by atoms with E-state index in [2.05, 4.69) is 24.2 Å². The predicted molar refractivity (Wildman–Crippen MR) is 145 cm³/mol. The van der Waals surface area contributed by atoms with Crippen molar-refractivity contribution in [3.8, 4) is 0 Å². The smallest absolute Gasteiger partial charge is 0.339 e. The van der Waals surface area contributed by atoms with Crippen LogP contribution in [0.3, 0.4) is 0 Å². The number of carbonyl (C=O) groups is 2. The molecule has 0 spiro atoms. The molecule has 0 radical (unpaired) electrons. The van der Waals surface area contributed by atoms with Crippen molar-refractivity contribution in [1.82, 2.24) is 4.90 Å². The van der Waals surface area contributed by atoms with E-state index in [4.69, 9.17) is 21.2 Å². The quantitative estimate of drug-likeness (QED) is 0.247. The van der Waals surface area contributed by atoms with Crippen LogP contribution in [0.2, 0.25) is 5.02 Å². The topological polar surface area (TPSA) is 68.2 Å². The third-order valence-electron chi connectivity index (χ3n) is 6.95. The van der Waals surface area contributed by atoms with Gasteiger partial charge >= 0.3 is 5.97 Å². The van der Waals surface area contributed by atoms with Crippen molar-refractivity contribution in [2.24, 2.45) is 5.16 Å². The van der Waals surface area contributed by atoms with Crippen molar-refractivity contribution < 1.29 is 19.2 Å². The highest BCUT2D eigenvalue weighted by molar-refractivity contribution is 6.33. The Morgan fingerprint density at radius 3 is 2.67 bits per heavy atom. The number of ether oxygens (including phenoxy) is 1. The summed E-state index contributed by atoms with van der Waals surface area (Å²) < 4.78 is 5.98. The van der Waals surface area contributed by atoms with Gasteiger partial charge in [-0.2, -0.15) is 0 Å². The average Bonchev–Trinajstić information content (AvgIpc) is 2.86. The van der Waals surface area contributed by atoms with Crippen LogP contribution in [-0.2, 0) is 20.8 Å². The Labute approximate surface area is 221 Å². The van der Waals surface area contributed by atoms with Gasteiger partial charge in [-0.15, -0.1) is 0 Å². The van der Waals surface area contributed by atoms with Crippen molar-refractivity contribution in [3.05, 3.63) is 45.5 Å². The minimum absolute atomic E-state index is 0.0271. The molecule has 0 aliphatic carbocycles. The van der Waals surface area contributed by atoms with Crippen molar-refractivity contribution in [2.75, 3.05) is 19.7 Å². The monoisotopic (exact) mass is 516 g/mol. The zero-order valence-electron chi connectivity index (χ0n) is 22.1. The first-order valence-electron chi connectivity index (χ1n) is 13.5. The van der Waals surface area contributed by atoms with E-state index in [1.54, 1.807) is 0 Å². The summed E-state index contributed by atoms with van der Waals surface area (Å²) in [6, 6.07) is 1.94. The number of hydrogen-bond acceptors (Lipinski definition) is 5. The number of nitrogens with zero attached hydrogens (tertiary/aromatic N) is 2. The van der Waals surface area contributed by atoms with Crippen LogP contribution >= 0.6 is 11.6 Å². The summed E-state index contributed by atoms with van der Waals surface area (Å²) in [6.45, 7) is 7.47. The van der Waals surface area contributed by atoms with Crippen molar-refractivity contribution in [1.29, 1.82) is 0 Å². The molecule has 0 bridgehead atoms. The fraction of sp³-hybridized carbons (Fsp3) is 0.621. The molecule has 0 N–H and O–H groups in total. The largest absolute Gasteiger partial charge is 0.458 e. The molecule has 36 heavy (non-hydrogen) atoms. The van der Waals surface area contributed by atoms with Gasteiger partial charge in [0.2, 0.25) is 0 Å². The Bertz CT molecular complexity index is 967. The second-order valence-corrected chi connectivity index (χ2v) is 10.4. The van der Waals surface area contributed by atoms with Crippen LogP contribution in [0.15, 0.2) is 23.4 Å². The van der Waals surface area contributed by atoms with Crippen LogP contribution in [0, 0.1) is 13.8 Å². The molecule has 198 valence electrons. The molecule has 1 unspecified atom stereocenters. The van der Waals surface area contributed by atoms with Gasteiger partial charge < -0.3 is 14.5 Å². The number of halogens is 1. The van der Waals surface area contributed by atoms with Gasteiger partial charge in [0.05, 0.1) is 11.3 Å². The summed E-state index contributed by atoms with van der Waals surface area (Å²) in [5, 5.41) is 4.96. The van der Waals surface area contributed by atoms with Crippen LogP contribution in [-0.4, -0.2) is 48.3 Å². The number of allylic oxidation sites excluding steroid dienone is 1. The Hall–Kier alpha value is -2.34. The molecule has 7 heteroatoms. The number of amides is 1. The number of esters is 1. The molecule has 1 saturated heterocycles. The number of piperidine rings is 1. The third kappa shape index (κ3) is 8.09. The Kier molecular flexibility index (Phi) is 11.3. The zero-order chi connectivity index (χ0) is 25.9. The molecule has 1 aromatic carbocycles. The molecule has 1 atom stereocenters. The standard InChI is InChI=1S/C29H41ClN2O4/c1-4-13-24-15-10-7-5-6-9-14-23(31-35-20-26(33)32-16-11-8-12-17-32)19-25-27(29(34)36-24)21(2)18-22(3)28(25)30/h7,10,18,24H,4-6,8-9,11-17,19-20H2,1-3H3/b10-7+,31-23+. The van der Waals surface area contributed by atoms with Crippen LogP contribution < -0.4 is 0 Å². The number of aryl methyl sites for hydroxylation is 2. The number of likely N-dealkylation sites (tertiary alicyclic amines) is 1. The van der Waals surface area contributed by atoms with Gasteiger partial charge in [-0.1, -0.05) is 48.3 Å². The molecule has 2 aliphatic rings. The summed E-state index contributed by atoms with van der Waals surface area (Å²) in [5.74, 6) is -0.366. The average molecular weight is 517 g/mol. The summed E-state index contributed by atoms with van der Waals surface area (Å²) in [7, 11) is 0. The van der Waals surface area contributed by atoms with Crippen LogP contribution in [0.1, 0.15) is 98.2 Å². The minimum atomic E-state index is -0.339. The lowest BCUT2D eigenvalue weighted by Gasteiger charge is -2.26. The highest BCUT2D eigenvalue weighted by atomic mass is 35.5. The highest BCUT2D eigenvalue weighted by Gasteiger charge is 2.24. The highest BCUT2D eigenvalue weighted by Crippen LogP contribution is 2.30. The SMILES string of the molecule is CCCC1C/C=C/CCCC/C(=N\OCC(=O)N2CCCCC2)Cc2c(Cl)c(C)cc(C)c2C(=O)O1. The second kappa shape index (κ2) is 14.4. The lowest BCUT2D eigenvalue weighted by atomic mass is 9.93. The fourth-order valence-electron chi connectivity index (χ4n) is 4.99. The van der Waals surface area contributed by atoms with Crippen molar-refractivity contribution in [2.45, 2.75) is 97.5 Å². The maximum Gasteiger partial charge on any atom is 0.339 e. The number of fused-ring (bicyclic) bond motifs is 1. The fourth-order valence-corrected chi connectivity index (χ4v) is 5.21. The van der Waals surface area contributed by atoms with Gasteiger partial charge in [-0.25, -0.2) is 4.79 Å². The molecule has 1 fully saturated rings. The van der Waals surface area contributed by atoms with E-state index in [9.17, 15) is 9.59 Å². The molecular weight excluding hydrogens is 476 g/mol. The summed E-state index contributed by atoms with van der Waals surface area (Å²) in [5.41, 5.74) is 3.79. The van der Waals surface area contributed by atoms with Crippen molar-refractivity contribution >= 4 is 29.2 Å². The van der Waals surface area contributed by atoms with Gasteiger partial charge in [0, 0.05) is 31.0 Å². The third-order valence-corrected chi connectivity index (χ3v) is 7.48. The van der Waals surface area contributed by atoms with E-state index in [0.717, 1.165) is 86.9 Å². The first-order valence-corrected chi connectivity index (χ1v) is 13.9. The first kappa shape index (κ1) is 28.2. The Morgan fingerprint density at radius 2 is 1.92 bits per heavy atom. The summed E-state index contributed by atoms with van der Waals surface area (Å²) in [4.78, 5) is 33.4. The molecule has 1 aromatic rings. The minimum Gasteiger partial charge on any atom is -0.458 e. The summed E-state index contributed by atoms with van der Waals surface area (Å²) >= 11 is 6.77. The number of cyclic esters (lactones) is 1. The molecule has 6 nitrogen and oxygen atoms in total. The molecule has 0 saturated carbocycles. The molecule has 1 amide bonds.